The molecule has 0 spiro atoms. The fourth-order valence-electron chi connectivity index (χ4n) is 5.27. The molecular formula is C25H38N4O3S. The van der Waals surface area contributed by atoms with E-state index in [0.717, 1.165) is 42.9 Å². The summed E-state index contributed by atoms with van der Waals surface area (Å²) >= 11 is 0. The minimum Gasteiger partial charge on any atom is -0.356 e. The zero-order valence-electron chi connectivity index (χ0n) is 20.0. The van der Waals surface area contributed by atoms with E-state index < -0.39 is 10.0 Å². The standard InChI is InChI=1S/C25H38N4O3S/c1-3-28-15-9-22-18-23(7-8-24(22)28)33(31,32)29-16-10-21(11-17-29)25(30)26-12-5-14-27-13-4-6-20(2)19-27/h7-9,15,18,20-21H,3-6,10-14,16-17,19H2,1-2H3,(H,26,30)/t20-/m1/s1. The molecule has 2 aliphatic rings. The van der Waals surface area contributed by atoms with Crippen LogP contribution in [0.25, 0.3) is 10.9 Å². The first-order valence-corrected chi connectivity index (χ1v) is 13.9. The average Bonchev–Trinajstić information content (AvgIpc) is 3.24. The number of nitrogens with zero attached hydrogens (tertiary/aromatic N) is 3. The molecule has 0 aliphatic carbocycles. The number of rotatable bonds is 8. The molecule has 2 aliphatic heterocycles. The van der Waals surface area contributed by atoms with Crippen LogP contribution >= 0.6 is 0 Å². The lowest BCUT2D eigenvalue weighted by Crippen LogP contribution is -2.43. The van der Waals surface area contributed by atoms with Crippen LogP contribution in [0.15, 0.2) is 35.4 Å². The molecule has 2 aromatic rings. The van der Waals surface area contributed by atoms with E-state index in [0.29, 0.717) is 37.4 Å². The van der Waals surface area contributed by atoms with Gasteiger partial charge in [0.05, 0.1) is 4.90 Å². The molecular weight excluding hydrogens is 436 g/mol. The van der Waals surface area contributed by atoms with E-state index in [2.05, 4.69) is 28.6 Å². The lowest BCUT2D eigenvalue weighted by molar-refractivity contribution is -0.126. The molecule has 3 heterocycles. The third kappa shape index (κ3) is 5.61. The van der Waals surface area contributed by atoms with Crippen molar-refractivity contribution < 1.29 is 13.2 Å². The molecule has 1 aromatic carbocycles. The number of likely N-dealkylation sites (tertiary alicyclic amines) is 1. The van der Waals surface area contributed by atoms with Crippen molar-refractivity contribution in [3.05, 3.63) is 30.5 Å². The number of hydrogen-bond acceptors (Lipinski definition) is 4. The average molecular weight is 475 g/mol. The van der Waals surface area contributed by atoms with E-state index in [1.54, 1.807) is 12.1 Å². The molecule has 0 saturated carbocycles. The quantitative estimate of drug-likeness (QED) is 0.596. The van der Waals surface area contributed by atoms with Crippen molar-refractivity contribution in [3.8, 4) is 0 Å². The van der Waals surface area contributed by atoms with Gasteiger partial charge in [-0.25, -0.2) is 8.42 Å². The summed E-state index contributed by atoms with van der Waals surface area (Å²) in [6.07, 6.45) is 6.69. The molecule has 0 unspecified atom stereocenters. The highest BCUT2D eigenvalue weighted by molar-refractivity contribution is 7.89. The van der Waals surface area contributed by atoms with Gasteiger partial charge in [-0.15, -0.1) is 0 Å². The number of hydrogen-bond donors (Lipinski definition) is 1. The van der Waals surface area contributed by atoms with Gasteiger partial charge in [-0.3, -0.25) is 4.79 Å². The number of carbonyl (C=O) groups is 1. The molecule has 4 rings (SSSR count). The van der Waals surface area contributed by atoms with Crippen LogP contribution in [0.2, 0.25) is 0 Å². The largest absolute Gasteiger partial charge is 0.356 e. The van der Waals surface area contributed by atoms with Gasteiger partial charge in [0.25, 0.3) is 0 Å². The van der Waals surface area contributed by atoms with Gasteiger partial charge < -0.3 is 14.8 Å². The number of amides is 1. The van der Waals surface area contributed by atoms with E-state index >= 15 is 0 Å². The van der Waals surface area contributed by atoms with Crippen LogP contribution in [0, 0.1) is 11.8 Å². The summed E-state index contributed by atoms with van der Waals surface area (Å²) in [5.74, 6) is 0.739. The van der Waals surface area contributed by atoms with Gasteiger partial charge >= 0.3 is 0 Å². The van der Waals surface area contributed by atoms with Crippen molar-refractivity contribution in [2.45, 2.75) is 57.4 Å². The molecule has 0 bridgehead atoms. The van der Waals surface area contributed by atoms with Crippen LogP contribution in [0.5, 0.6) is 0 Å². The van der Waals surface area contributed by atoms with Crippen LogP contribution < -0.4 is 5.32 Å². The highest BCUT2D eigenvalue weighted by Gasteiger charge is 2.32. The molecule has 33 heavy (non-hydrogen) atoms. The second-order valence-electron chi connectivity index (χ2n) is 9.69. The molecule has 7 nitrogen and oxygen atoms in total. The summed E-state index contributed by atoms with van der Waals surface area (Å²) < 4.78 is 30.0. The molecule has 1 amide bonds. The molecule has 2 fully saturated rings. The Bertz CT molecular complexity index is 1060. The fourth-order valence-corrected chi connectivity index (χ4v) is 6.78. The van der Waals surface area contributed by atoms with Crippen molar-refractivity contribution in [2.75, 3.05) is 39.3 Å². The molecule has 1 N–H and O–H groups in total. The maximum absolute atomic E-state index is 13.2. The number of sulfonamides is 1. The lowest BCUT2D eigenvalue weighted by Gasteiger charge is -2.31. The zero-order valence-corrected chi connectivity index (χ0v) is 20.8. The van der Waals surface area contributed by atoms with Gasteiger partial charge in [0, 0.05) is 55.7 Å². The van der Waals surface area contributed by atoms with Crippen molar-refractivity contribution in [1.29, 1.82) is 0 Å². The predicted octanol–water partition coefficient (Wildman–Crippen LogP) is 3.30. The number of aromatic nitrogens is 1. The van der Waals surface area contributed by atoms with Gasteiger partial charge in [0.2, 0.25) is 15.9 Å². The Kier molecular flexibility index (Phi) is 7.76. The lowest BCUT2D eigenvalue weighted by atomic mass is 9.97. The van der Waals surface area contributed by atoms with Crippen LogP contribution in [0.4, 0.5) is 0 Å². The Morgan fingerprint density at radius 1 is 1.12 bits per heavy atom. The van der Waals surface area contributed by atoms with Gasteiger partial charge in [0.15, 0.2) is 0 Å². The van der Waals surface area contributed by atoms with Gasteiger partial charge in [-0.2, -0.15) is 4.31 Å². The minimum atomic E-state index is -3.55. The number of benzene rings is 1. The zero-order chi connectivity index (χ0) is 23.4. The maximum atomic E-state index is 13.2. The van der Waals surface area contributed by atoms with Crippen LogP contribution in [0.1, 0.15) is 46.0 Å². The van der Waals surface area contributed by atoms with Crippen molar-refractivity contribution in [2.24, 2.45) is 11.8 Å². The third-order valence-corrected chi connectivity index (χ3v) is 9.13. The SMILES string of the molecule is CCn1ccc2cc(S(=O)(=O)N3CCC(C(=O)NCCCN4CCC[C@@H](C)C4)CC3)ccc21. The first-order chi connectivity index (χ1) is 15.9. The summed E-state index contributed by atoms with van der Waals surface area (Å²) in [6.45, 7) is 10.1. The first-order valence-electron chi connectivity index (χ1n) is 12.5. The fraction of sp³-hybridized carbons (Fsp3) is 0.640. The van der Waals surface area contributed by atoms with Crippen molar-refractivity contribution >= 4 is 26.8 Å². The summed E-state index contributed by atoms with van der Waals surface area (Å²) in [5.41, 5.74) is 1.04. The normalized spacial score (nSPS) is 21.5. The smallest absolute Gasteiger partial charge is 0.243 e. The molecule has 1 atom stereocenters. The minimum absolute atomic E-state index is 0.0707. The highest BCUT2D eigenvalue weighted by atomic mass is 32.2. The van der Waals surface area contributed by atoms with E-state index in [4.69, 9.17) is 0 Å². The summed E-state index contributed by atoms with van der Waals surface area (Å²) in [7, 11) is -3.55. The van der Waals surface area contributed by atoms with Crippen LogP contribution in [0.3, 0.4) is 0 Å². The Morgan fingerprint density at radius 3 is 2.64 bits per heavy atom. The monoisotopic (exact) mass is 474 g/mol. The van der Waals surface area contributed by atoms with Gasteiger partial charge in [0.1, 0.15) is 0 Å². The van der Waals surface area contributed by atoms with Gasteiger partial charge in [-0.1, -0.05) is 6.92 Å². The molecule has 2 saturated heterocycles. The molecule has 8 heteroatoms. The topological polar surface area (TPSA) is 74.6 Å². The number of fused-ring (bicyclic) bond motifs is 1. The van der Waals surface area contributed by atoms with Crippen LogP contribution in [-0.4, -0.2) is 67.4 Å². The van der Waals surface area contributed by atoms with E-state index in [1.807, 2.05) is 18.3 Å². The Balaban J connectivity index is 1.25. The summed E-state index contributed by atoms with van der Waals surface area (Å²) in [6, 6.07) is 7.31. The second-order valence-corrected chi connectivity index (χ2v) is 11.6. The Hall–Kier alpha value is -1.90. The molecule has 1 aromatic heterocycles. The van der Waals surface area contributed by atoms with Crippen molar-refractivity contribution in [3.63, 3.8) is 0 Å². The Morgan fingerprint density at radius 2 is 1.91 bits per heavy atom. The van der Waals surface area contributed by atoms with Crippen molar-refractivity contribution in [1.82, 2.24) is 19.1 Å². The van der Waals surface area contributed by atoms with Crippen LogP contribution in [-0.2, 0) is 21.4 Å². The summed E-state index contributed by atoms with van der Waals surface area (Å²) in [4.78, 5) is 15.4. The van der Waals surface area contributed by atoms with E-state index in [1.165, 1.54) is 23.7 Å². The maximum Gasteiger partial charge on any atom is 0.243 e. The van der Waals surface area contributed by atoms with E-state index in [-0.39, 0.29) is 11.8 Å². The Labute approximate surface area is 198 Å². The number of aryl methyl sites for hydroxylation is 1. The second kappa shape index (κ2) is 10.6. The molecule has 0 radical (unpaired) electrons. The number of piperidine rings is 2. The number of nitrogens with one attached hydrogen (secondary N) is 1. The summed E-state index contributed by atoms with van der Waals surface area (Å²) in [5, 5.41) is 4.02. The highest BCUT2D eigenvalue weighted by Crippen LogP contribution is 2.27. The molecule has 182 valence electrons. The first kappa shape index (κ1) is 24.2. The predicted molar refractivity (Wildman–Crippen MR) is 132 cm³/mol. The number of carbonyl (C=O) groups excluding carboxylic acids is 1. The third-order valence-electron chi connectivity index (χ3n) is 7.24. The van der Waals surface area contributed by atoms with E-state index in [9.17, 15) is 13.2 Å². The van der Waals surface area contributed by atoms with Gasteiger partial charge in [-0.05, 0) is 82.3 Å².